The number of carbonyl (C=O) groups is 1. The van der Waals surface area contributed by atoms with Gasteiger partial charge in [0, 0.05) is 19.5 Å². The van der Waals surface area contributed by atoms with Gasteiger partial charge in [-0.3, -0.25) is 4.79 Å². The zero-order valence-electron chi connectivity index (χ0n) is 11.1. The molecule has 7 heteroatoms. The molecule has 1 amide bonds. The van der Waals surface area contributed by atoms with E-state index in [1.165, 1.54) is 17.0 Å². The van der Waals surface area contributed by atoms with Crippen LogP contribution in [0, 0.1) is 5.82 Å². The van der Waals surface area contributed by atoms with Gasteiger partial charge in [-0.15, -0.1) is 0 Å². The maximum absolute atomic E-state index is 12.7. The van der Waals surface area contributed by atoms with Gasteiger partial charge in [-0.1, -0.05) is 18.7 Å². The molecule has 0 fully saturated rings. The van der Waals surface area contributed by atoms with Crippen LogP contribution in [0.15, 0.2) is 36.6 Å². The molecule has 0 radical (unpaired) electrons. The van der Waals surface area contributed by atoms with Crippen molar-refractivity contribution >= 4 is 16.5 Å². The molecule has 0 saturated heterocycles. The zero-order valence-corrected chi connectivity index (χ0v) is 11.9. The van der Waals surface area contributed by atoms with Crippen LogP contribution < -0.4 is 0 Å². The van der Waals surface area contributed by atoms with E-state index in [0.29, 0.717) is 13.0 Å². The number of hydrogen-bond acceptors (Lipinski definition) is 4. The van der Waals surface area contributed by atoms with Gasteiger partial charge in [0.25, 0.3) is 0 Å². The second-order valence-electron chi connectivity index (χ2n) is 4.28. The van der Waals surface area contributed by atoms with Crippen molar-refractivity contribution < 1.29 is 21.8 Å². The molecule has 0 aliphatic heterocycles. The predicted octanol–water partition coefficient (Wildman–Crippen LogP) is 1.66. The van der Waals surface area contributed by atoms with E-state index < -0.39 is 10.1 Å². The van der Waals surface area contributed by atoms with Crippen molar-refractivity contribution in [2.45, 2.75) is 13.0 Å². The second kappa shape index (κ2) is 7.04. The summed E-state index contributed by atoms with van der Waals surface area (Å²) in [4.78, 5) is 12.4. The maximum Gasteiger partial charge on any atom is 0.305 e. The lowest BCUT2D eigenvalue weighted by Crippen LogP contribution is -2.23. The first kappa shape index (κ1) is 16.2. The van der Waals surface area contributed by atoms with Crippen LogP contribution in [0.1, 0.15) is 12.0 Å². The van der Waals surface area contributed by atoms with E-state index in [1.54, 1.807) is 12.1 Å². The third-order valence-corrected chi connectivity index (χ3v) is 2.93. The number of rotatable bonds is 8. The first-order chi connectivity index (χ1) is 9.30. The van der Waals surface area contributed by atoms with E-state index in [1.807, 2.05) is 0 Å². The average molecular weight is 301 g/mol. The Hall–Kier alpha value is -1.89. The van der Waals surface area contributed by atoms with Gasteiger partial charge in [-0.2, -0.15) is 8.42 Å². The van der Waals surface area contributed by atoms with Gasteiger partial charge in [0.1, 0.15) is 11.6 Å². The van der Waals surface area contributed by atoms with Crippen molar-refractivity contribution in [3.63, 3.8) is 0 Å². The molecular formula is C13H16FNO4S. The minimum absolute atomic E-state index is 0.0680. The standard InChI is InChI=1S/C13H16FNO4S/c1-11(19-20(2,17)18)7-8-15(10-16)9-12-3-5-13(14)6-4-12/h3-6,10H,1,7-9H2,2H3. The largest absolute Gasteiger partial charge is 0.388 e. The van der Waals surface area contributed by atoms with E-state index in [9.17, 15) is 17.6 Å². The molecule has 5 nitrogen and oxygen atoms in total. The summed E-state index contributed by atoms with van der Waals surface area (Å²) in [5.41, 5.74) is 0.771. The van der Waals surface area contributed by atoms with E-state index in [2.05, 4.69) is 10.8 Å². The third-order valence-electron chi connectivity index (χ3n) is 2.40. The number of benzene rings is 1. The summed E-state index contributed by atoms with van der Waals surface area (Å²) in [6, 6.07) is 5.77. The number of amides is 1. The number of carbonyl (C=O) groups excluding carboxylic acids is 1. The van der Waals surface area contributed by atoms with Crippen molar-refractivity contribution in [3.8, 4) is 0 Å². The molecule has 1 rings (SSSR count). The number of nitrogens with zero attached hydrogens (tertiary/aromatic N) is 1. The predicted molar refractivity (Wildman–Crippen MR) is 72.6 cm³/mol. The number of hydrogen-bond donors (Lipinski definition) is 0. The smallest absolute Gasteiger partial charge is 0.305 e. The summed E-state index contributed by atoms with van der Waals surface area (Å²) in [5.74, 6) is -0.278. The van der Waals surface area contributed by atoms with Crippen LogP contribution >= 0.6 is 0 Å². The van der Waals surface area contributed by atoms with Crippen LogP contribution in [0.3, 0.4) is 0 Å². The lowest BCUT2D eigenvalue weighted by Gasteiger charge is -2.17. The first-order valence-electron chi connectivity index (χ1n) is 5.81. The highest BCUT2D eigenvalue weighted by Crippen LogP contribution is 2.09. The Labute approximate surface area is 117 Å². The Morgan fingerprint density at radius 2 is 2.00 bits per heavy atom. The lowest BCUT2D eigenvalue weighted by molar-refractivity contribution is -0.118. The van der Waals surface area contributed by atoms with E-state index >= 15 is 0 Å². The molecule has 0 aromatic heterocycles. The van der Waals surface area contributed by atoms with E-state index in [0.717, 1.165) is 11.8 Å². The third kappa shape index (κ3) is 6.33. The van der Waals surface area contributed by atoms with Crippen molar-refractivity contribution in [2.24, 2.45) is 0 Å². The van der Waals surface area contributed by atoms with Crippen molar-refractivity contribution in [1.29, 1.82) is 0 Å². The maximum atomic E-state index is 12.7. The van der Waals surface area contributed by atoms with Gasteiger partial charge < -0.3 is 9.08 Å². The van der Waals surface area contributed by atoms with Crippen LogP contribution in [0.25, 0.3) is 0 Å². The van der Waals surface area contributed by atoms with Gasteiger partial charge in [0.05, 0.1) is 6.26 Å². The molecule has 0 aliphatic rings. The van der Waals surface area contributed by atoms with Crippen LogP contribution in [0.4, 0.5) is 4.39 Å². The van der Waals surface area contributed by atoms with Gasteiger partial charge in [0.2, 0.25) is 6.41 Å². The first-order valence-corrected chi connectivity index (χ1v) is 7.63. The van der Waals surface area contributed by atoms with E-state index in [-0.39, 0.29) is 24.5 Å². The van der Waals surface area contributed by atoms with Gasteiger partial charge in [-0.25, -0.2) is 4.39 Å². The van der Waals surface area contributed by atoms with Gasteiger partial charge in [-0.05, 0) is 17.7 Å². The molecule has 0 aliphatic carbocycles. The summed E-state index contributed by atoms with van der Waals surface area (Å²) in [6.07, 6.45) is 1.76. The molecule has 0 atom stereocenters. The minimum Gasteiger partial charge on any atom is -0.388 e. The van der Waals surface area contributed by atoms with Crippen molar-refractivity contribution in [3.05, 3.63) is 48.0 Å². The average Bonchev–Trinajstić information content (AvgIpc) is 2.34. The summed E-state index contributed by atoms with van der Waals surface area (Å²) >= 11 is 0. The zero-order chi connectivity index (χ0) is 15.2. The Balaban J connectivity index is 2.49. The normalized spacial score (nSPS) is 10.9. The Morgan fingerprint density at radius 1 is 1.40 bits per heavy atom. The Bertz CT molecular complexity index is 569. The fourth-order valence-electron chi connectivity index (χ4n) is 1.52. The summed E-state index contributed by atoms with van der Waals surface area (Å²) < 4.78 is 39.1. The molecule has 110 valence electrons. The summed E-state index contributed by atoms with van der Waals surface area (Å²) in [7, 11) is -3.59. The van der Waals surface area contributed by atoms with Gasteiger partial charge >= 0.3 is 10.1 Å². The molecule has 0 spiro atoms. The van der Waals surface area contributed by atoms with Crippen LogP contribution in [0.2, 0.25) is 0 Å². The van der Waals surface area contributed by atoms with E-state index in [4.69, 9.17) is 0 Å². The van der Waals surface area contributed by atoms with Crippen LogP contribution in [-0.4, -0.2) is 32.5 Å². The summed E-state index contributed by atoms with van der Waals surface area (Å²) in [6.45, 7) is 4.03. The van der Waals surface area contributed by atoms with Crippen LogP contribution in [0.5, 0.6) is 0 Å². The fourth-order valence-corrected chi connectivity index (χ4v) is 2.03. The SMILES string of the molecule is C=C(CCN(C=O)Cc1ccc(F)cc1)OS(C)(=O)=O. The highest BCUT2D eigenvalue weighted by molar-refractivity contribution is 7.86. The molecule has 0 N–H and O–H groups in total. The van der Waals surface area contributed by atoms with Gasteiger partial charge in [0.15, 0.2) is 0 Å². The minimum atomic E-state index is -3.59. The van der Waals surface area contributed by atoms with Crippen molar-refractivity contribution in [2.75, 3.05) is 12.8 Å². The fraction of sp³-hybridized carbons (Fsp3) is 0.308. The lowest BCUT2D eigenvalue weighted by atomic mass is 10.2. The topological polar surface area (TPSA) is 63.7 Å². The Morgan fingerprint density at radius 3 is 2.50 bits per heavy atom. The molecule has 0 saturated carbocycles. The number of halogens is 1. The molecule has 0 heterocycles. The summed E-state index contributed by atoms with van der Waals surface area (Å²) in [5, 5.41) is 0. The highest BCUT2D eigenvalue weighted by Gasteiger charge is 2.08. The molecular weight excluding hydrogens is 285 g/mol. The molecule has 1 aromatic rings. The Kier molecular flexibility index (Phi) is 5.69. The molecule has 20 heavy (non-hydrogen) atoms. The van der Waals surface area contributed by atoms with Crippen LogP contribution in [-0.2, 0) is 25.6 Å². The van der Waals surface area contributed by atoms with Crippen molar-refractivity contribution in [1.82, 2.24) is 4.90 Å². The second-order valence-corrected chi connectivity index (χ2v) is 5.85. The monoisotopic (exact) mass is 301 g/mol. The quantitative estimate of drug-likeness (QED) is 0.416. The molecule has 1 aromatic carbocycles. The highest BCUT2D eigenvalue weighted by atomic mass is 32.2. The molecule has 0 unspecified atom stereocenters. The molecule has 0 bridgehead atoms.